The van der Waals surface area contributed by atoms with Crippen LogP contribution in [-0.4, -0.2) is 18.1 Å². The quantitative estimate of drug-likeness (QED) is 0.714. The van der Waals surface area contributed by atoms with Crippen molar-refractivity contribution in [1.29, 1.82) is 0 Å². The van der Waals surface area contributed by atoms with E-state index in [-0.39, 0.29) is 0 Å². The largest absolute Gasteiger partial charge is 0.490 e. The predicted molar refractivity (Wildman–Crippen MR) is 84.7 cm³/mol. The van der Waals surface area contributed by atoms with Crippen molar-refractivity contribution in [3.63, 3.8) is 0 Å². The Balaban J connectivity index is 1.73. The van der Waals surface area contributed by atoms with Crippen molar-refractivity contribution < 1.29 is 4.74 Å². The van der Waals surface area contributed by atoms with Crippen LogP contribution in [0, 0.1) is 0 Å². The van der Waals surface area contributed by atoms with Gasteiger partial charge in [-0.15, -0.1) is 0 Å². The van der Waals surface area contributed by atoms with E-state index in [2.05, 4.69) is 46.3 Å². The molecule has 4 rings (SSSR count). The van der Waals surface area contributed by atoms with Gasteiger partial charge in [-0.3, -0.25) is 4.98 Å². The average Bonchev–Trinajstić information content (AvgIpc) is 2.56. The van der Waals surface area contributed by atoms with Crippen LogP contribution in [0.15, 0.2) is 60.8 Å². The molecule has 104 valence electrons. The highest BCUT2D eigenvalue weighted by molar-refractivity contribution is 5.82. The molecule has 0 aliphatic carbocycles. The Morgan fingerprint density at radius 1 is 1.00 bits per heavy atom. The van der Waals surface area contributed by atoms with Crippen LogP contribution in [0.2, 0.25) is 0 Å². The summed E-state index contributed by atoms with van der Waals surface area (Å²) in [4.78, 5) is 6.91. The molecule has 3 aromatic rings. The van der Waals surface area contributed by atoms with Gasteiger partial charge < -0.3 is 9.64 Å². The Kier molecular flexibility index (Phi) is 2.96. The Morgan fingerprint density at radius 2 is 1.90 bits per heavy atom. The lowest BCUT2D eigenvalue weighted by Crippen LogP contribution is -2.32. The Morgan fingerprint density at radius 3 is 2.90 bits per heavy atom. The first-order valence-corrected chi connectivity index (χ1v) is 7.21. The zero-order valence-electron chi connectivity index (χ0n) is 11.7. The van der Waals surface area contributed by atoms with Gasteiger partial charge in [0.2, 0.25) is 0 Å². The number of rotatable bonds is 2. The minimum Gasteiger partial charge on any atom is -0.490 e. The number of hydrogen-bond donors (Lipinski definition) is 0. The summed E-state index contributed by atoms with van der Waals surface area (Å²) < 4.78 is 5.72. The summed E-state index contributed by atoms with van der Waals surface area (Å²) in [7, 11) is 0. The normalized spacial score (nSPS) is 13.8. The molecule has 0 spiro atoms. The molecule has 0 unspecified atom stereocenters. The van der Waals surface area contributed by atoms with Crippen LogP contribution in [0.3, 0.4) is 0 Å². The molecule has 2 heterocycles. The van der Waals surface area contributed by atoms with E-state index in [1.807, 2.05) is 24.4 Å². The summed E-state index contributed by atoms with van der Waals surface area (Å²) in [5.74, 6) is 0.969. The third-order valence-corrected chi connectivity index (χ3v) is 3.90. The summed E-state index contributed by atoms with van der Waals surface area (Å²) in [5, 5.41) is 1.19. The zero-order chi connectivity index (χ0) is 14.1. The van der Waals surface area contributed by atoms with Crippen molar-refractivity contribution in [3.05, 3.63) is 66.4 Å². The molecule has 1 aromatic heterocycles. The van der Waals surface area contributed by atoms with Gasteiger partial charge in [-0.05, 0) is 23.8 Å². The first-order valence-electron chi connectivity index (χ1n) is 7.21. The van der Waals surface area contributed by atoms with Crippen LogP contribution in [-0.2, 0) is 6.54 Å². The highest BCUT2D eigenvalue weighted by atomic mass is 16.5. The van der Waals surface area contributed by atoms with Crippen molar-refractivity contribution in [2.45, 2.75) is 6.54 Å². The molecule has 0 amide bonds. The van der Waals surface area contributed by atoms with Crippen LogP contribution in [0.1, 0.15) is 5.56 Å². The van der Waals surface area contributed by atoms with Gasteiger partial charge in [-0.25, -0.2) is 0 Å². The predicted octanol–water partition coefficient (Wildman–Crippen LogP) is 3.63. The van der Waals surface area contributed by atoms with Crippen LogP contribution < -0.4 is 9.64 Å². The maximum Gasteiger partial charge on any atom is 0.142 e. The minimum absolute atomic E-state index is 0.731. The molecule has 2 aromatic carbocycles. The van der Waals surface area contributed by atoms with Gasteiger partial charge in [0.05, 0.1) is 17.7 Å². The second-order valence-electron chi connectivity index (χ2n) is 5.23. The molecule has 0 bridgehead atoms. The Bertz CT molecular complexity index is 780. The van der Waals surface area contributed by atoms with Crippen molar-refractivity contribution in [2.24, 2.45) is 0 Å². The van der Waals surface area contributed by atoms with E-state index in [9.17, 15) is 0 Å². The third-order valence-electron chi connectivity index (χ3n) is 3.90. The highest BCUT2D eigenvalue weighted by Gasteiger charge is 2.18. The lowest BCUT2D eigenvalue weighted by Gasteiger charge is -2.31. The summed E-state index contributed by atoms with van der Waals surface area (Å²) >= 11 is 0. The Hall–Kier alpha value is -2.55. The number of para-hydroxylation sites is 3. The minimum atomic E-state index is 0.731. The van der Waals surface area contributed by atoms with Crippen molar-refractivity contribution in [1.82, 2.24) is 4.98 Å². The number of aromatic nitrogens is 1. The molecule has 1 aliphatic heterocycles. The van der Waals surface area contributed by atoms with E-state index in [1.165, 1.54) is 10.9 Å². The maximum atomic E-state index is 5.72. The second kappa shape index (κ2) is 5.09. The summed E-state index contributed by atoms with van der Waals surface area (Å²) in [6.07, 6.45) is 1.86. The van der Waals surface area contributed by atoms with E-state index in [1.54, 1.807) is 0 Å². The fourth-order valence-corrected chi connectivity index (χ4v) is 2.89. The molecule has 0 atom stereocenters. The third kappa shape index (κ3) is 2.21. The molecule has 0 radical (unpaired) electrons. The number of fused-ring (bicyclic) bond motifs is 2. The number of anilines is 1. The van der Waals surface area contributed by atoms with Gasteiger partial charge in [0.15, 0.2) is 0 Å². The van der Waals surface area contributed by atoms with Gasteiger partial charge in [0.1, 0.15) is 12.4 Å². The molecule has 3 nitrogen and oxygen atoms in total. The van der Waals surface area contributed by atoms with Crippen LogP contribution in [0.5, 0.6) is 5.75 Å². The lowest BCUT2D eigenvalue weighted by molar-refractivity contribution is 0.307. The van der Waals surface area contributed by atoms with E-state index in [0.29, 0.717) is 0 Å². The summed E-state index contributed by atoms with van der Waals surface area (Å²) in [6.45, 7) is 2.49. The van der Waals surface area contributed by atoms with Gasteiger partial charge >= 0.3 is 0 Å². The first kappa shape index (κ1) is 12.2. The molecule has 3 heteroatoms. The maximum absolute atomic E-state index is 5.72. The number of benzene rings is 2. The number of hydrogen-bond acceptors (Lipinski definition) is 3. The van der Waals surface area contributed by atoms with Gasteiger partial charge in [0, 0.05) is 18.1 Å². The van der Waals surface area contributed by atoms with Gasteiger partial charge in [0.25, 0.3) is 0 Å². The molecule has 0 saturated heterocycles. The molecular formula is C18H16N2O. The Labute approximate surface area is 123 Å². The number of ether oxygens (including phenoxy) is 1. The molecular weight excluding hydrogens is 260 g/mol. The zero-order valence-corrected chi connectivity index (χ0v) is 11.7. The fraction of sp³-hybridized carbons (Fsp3) is 0.167. The van der Waals surface area contributed by atoms with Gasteiger partial charge in [-0.2, -0.15) is 0 Å². The van der Waals surface area contributed by atoms with Crippen molar-refractivity contribution in [2.75, 3.05) is 18.1 Å². The highest BCUT2D eigenvalue weighted by Crippen LogP contribution is 2.32. The van der Waals surface area contributed by atoms with E-state index in [4.69, 9.17) is 4.74 Å². The lowest BCUT2D eigenvalue weighted by atomic mass is 10.1. The smallest absolute Gasteiger partial charge is 0.142 e. The van der Waals surface area contributed by atoms with Gasteiger partial charge in [-0.1, -0.05) is 36.4 Å². The van der Waals surface area contributed by atoms with Crippen LogP contribution >= 0.6 is 0 Å². The summed E-state index contributed by atoms with van der Waals surface area (Å²) in [5.41, 5.74) is 3.51. The van der Waals surface area contributed by atoms with E-state index in [0.717, 1.165) is 36.6 Å². The molecule has 1 aliphatic rings. The van der Waals surface area contributed by atoms with Crippen molar-refractivity contribution in [3.8, 4) is 5.75 Å². The van der Waals surface area contributed by atoms with E-state index < -0.39 is 0 Å². The SMILES string of the molecule is c1ccc2c(c1)OCCN2Cc1cccc2cccnc12. The number of pyridine rings is 1. The second-order valence-corrected chi connectivity index (χ2v) is 5.23. The number of nitrogens with zero attached hydrogens (tertiary/aromatic N) is 2. The van der Waals surface area contributed by atoms with Crippen LogP contribution in [0.25, 0.3) is 10.9 Å². The molecule has 21 heavy (non-hydrogen) atoms. The van der Waals surface area contributed by atoms with E-state index >= 15 is 0 Å². The molecule has 0 N–H and O–H groups in total. The summed E-state index contributed by atoms with van der Waals surface area (Å²) in [6, 6.07) is 18.7. The molecule has 0 saturated carbocycles. The average molecular weight is 276 g/mol. The van der Waals surface area contributed by atoms with Crippen LogP contribution in [0.4, 0.5) is 5.69 Å². The first-order chi connectivity index (χ1) is 10.4. The molecule has 0 fully saturated rings. The monoisotopic (exact) mass is 276 g/mol. The standard InChI is InChI=1S/C18H16N2O/c1-2-9-17-16(8-1)20(11-12-21-17)13-15-6-3-5-14-7-4-10-19-18(14)15/h1-10H,11-13H2. The fourth-order valence-electron chi connectivity index (χ4n) is 2.89. The van der Waals surface area contributed by atoms with Crippen molar-refractivity contribution >= 4 is 16.6 Å². The topological polar surface area (TPSA) is 25.4 Å².